The van der Waals surface area contributed by atoms with Gasteiger partial charge < -0.3 is 9.64 Å². The summed E-state index contributed by atoms with van der Waals surface area (Å²) >= 11 is 2.00. The number of carbonyl (C=O) groups excluding carboxylic acids is 1. The lowest BCUT2D eigenvalue weighted by atomic mass is 10.1. The first kappa shape index (κ1) is 14.2. The van der Waals surface area contributed by atoms with Crippen molar-refractivity contribution in [3.8, 4) is 0 Å². The standard InChI is InChI=1S/C13H24N2O2S/c1-14(2)13(16)9-15(11-5-7-18-10-11)8-12-4-3-6-17-12/h11-12H,3-10H2,1-2H3/t11-,12-/m1/s1. The van der Waals surface area contributed by atoms with Gasteiger partial charge in [0.1, 0.15) is 0 Å². The van der Waals surface area contributed by atoms with E-state index in [1.54, 1.807) is 4.90 Å². The third-order valence-corrected chi connectivity index (χ3v) is 4.87. The molecule has 0 bridgehead atoms. The van der Waals surface area contributed by atoms with Crippen LogP contribution in [0.1, 0.15) is 19.3 Å². The third-order valence-electron chi connectivity index (χ3n) is 3.72. The first-order valence-corrected chi connectivity index (χ1v) is 7.96. The lowest BCUT2D eigenvalue weighted by Gasteiger charge is -2.30. The molecule has 2 saturated heterocycles. The molecule has 2 heterocycles. The summed E-state index contributed by atoms with van der Waals surface area (Å²) in [5.74, 6) is 2.58. The van der Waals surface area contributed by atoms with Gasteiger partial charge in [0, 0.05) is 39.0 Å². The Morgan fingerprint density at radius 3 is 2.78 bits per heavy atom. The average Bonchev–Trinajstić information content (AvgIpc) is 3.00. The maximum absolute atomic E-state index is 11.9. The van der Waals surface area contributed by atoms with Crippen LogP contribution in [0.4, 0.5) is 0 Å². The Kier molecular flexibility index (Phi) is 5.33. The van der Waals surface area contributed by atoms with Gasteiger partial charge in [0.25, 0.3) is 0 Å². The molecular formula is C13H24N2O2S. The minimum Gasteiger partial charge on any atom is -0.377 e. The van der Waals surface area contributed by atoms with Crippen molar-refractivity contribution >= 4 is 17.7 Å². The fourth-order valence-corrected chi connectivity index (χ4v) is 3.77. The maximum atomic E-state index is 11.9. The molecule has 0 aromatic rings. The van der Waals surface area contributed by atoms with Gasteiger partial charge in [0.05, 0.1) is 12.6 Å². The first-order valence-electron chi connectivity index (χ1n) is 6.80. The molecule has 2 aliphatic heterocycles. The highest BCUT2D eigenvalue weighted by Crippen LogP contribution is 2.24. The van der Waals surface area contributed by atoms with Crippen LogP contribution < -0.4 is 0 Å². The topological polar surface area (TPSA) is 32.8 Å². The Morgan fingerprint density at radius 2 is 2.22 bits per heavy atom. The highest BCUT2D eigenvalue weighted by Gasteiger charge is 2.28. The fraction of sp³-hybridized carbons (Fsp3) is 0.923. The summed E-state index contributed by atoms with van der Waals surface area (Å²) < 4.78 is 5.71. The number of amides is 1. The van der Waals surface area contributed by atoms with E-state index < -0.39 is 0 Å². The number of hydrogen-bond acceptors (Lipinski definition) is 4. The normalized spacial score (nSPS) is 27.9. The van der Waals surface area contributed by atoms with Crippen molar-refractivity contribution in [2.75, 3.05) is 45.3 Å². The van der Waals surface area contributed by atoms with Crippen molar-refractivity contribution in [3.05, 3.63) is 0 Å². The van der Waals surface area contributed by atoms with E-state index in [0.29, 0.717) is 18.7 Å². The zero-order valence-electron chi connectivity index (χ0n) is 11.4. The molecule has 4 nitrogen and oxygen atoms in total. The number of ether oxygens (including phenoxy) is 1. The predicted octanol–water partition coefficient (Wildman–Crippen LogP) is 1.06. The quantitative estimate of drug-likeness (QED) is 0.749. The van der Waals surface area contributed by atoms with E-state index in [1.165, 1.54) is 18.6 Å². The average molecular weight is 272 g/mol. The highest BCUT2D eigenvalue weighted by molar-refractivity contribution is 7.99. The molecule has 2 fully saturated rings. The van der Waals surface area contributed by atoms with Crippen molar-refractivity contribution in [1.29, 1.82) is 0 Å². The Morgan fingerprint density at radius 1 is 1.39 bits per heavy atom. The second-order valence-electron chi connectivity index (χ2n) is 5.37. The van der Waals surface area contributed by atoms with Crippen LogP contribution >= 0.6 is 11.8 Å². The monoisotopic (exact) mass is 272 g/mol. The summed E-state index contributed by atoms with van der Waals surface area (Å²) in [5.41, 5.74) is 0. The van der Waals surface area contributed by atoms with E-state index in [0.717, 1.165) is 25.3 Å². The molecule has 0 aromatic heterocycles. The molecule has 5 heteroatoms. The van der Waals surface area contributed by atoms with Gasteiger partial charge in [-0.25, -0.2) is 0 Å². The molecule has 0 saturated carbocycles. The smallest absolute Gasteiger partial charge is 0.236 e. The van der Waals surface area contributed by atoms with Gasteiger partial charge in [0.15, 0.2) is 0 Å². The number of thioether (sulfide) groups is 1. The fourth-order valence-electron chi connectivity index (χ4n) is 2.52. The highest BCUT2D eigenvalue weighted by atomic mass is 32.2. The minimum absolute atomic E-state index is 0.199. The van der Waals surface area contributed by atoms with Crippen molar-refractivity contribution in [2.24, 2.45) is 0 Å². The molecule has 0 unspecified atom stereocenters. The minimum atomic E-state index is 0.199. The lowest BCUT2D eigenvalue weighted by Crippen LogP contribution is -2.46. The second kappa shape index (κ2) is 6.78. The maximum Gasteiger partial charge on any atom is 0.236 e. The van der Waals surface area contributed by atoms with Gasteiger partial charge in [-0.2, -0.15) is 11.8 Å². The van der Waals surface area contributed by atoms with Crippen molar-refractivity contribution in [1.82, 2.24) is 9.80 Å². The molecule has 0 N–H and O–H groups in total. The SMILES string of the molecule is CN(C)C(=O)CN(C[C@H]1CCCO1)[C@@H]1CCSC1. The van der Waals surface area contributed by atoms with Crippen molar-refractivity contribution in [3.63, 3.8) is 0 Å². The van der Waals surface area contributed by atoms with Crippen LogP contribution in [-0.4, -0.2) is 73.2 Å². The Hall–Kier alpha value is -0.260. The third kappa shape index (κ3) is 3.87. The molecule has 0 aliphatic carbocycles. The number of nitrogens with zero attached hydrogens (tertiary/aromatic N) is 2. The summed E-state index contributed by atoms with van der Waals surface area (Å²) in [4.78, 5) is 16.0. The van der Waals surface area contributed by atoms with Crippen LogP contribution in [0, 0.1) is 0 Å². The summed E-state index contributed by atoms with van der Waals surface area (Å²) in [5, 5.41) is 0. The number of likely N-dealkylation sites (N-methyl/N-ethyl adjacent to an activating group) is 1. The largest absolute Gasteiger partial charge is 0.377 e. The summed E-state index contributed by atoms with van der Waals surface area (Å²) in [6.07, 6.45) is 3.86. The molecule has 2 atom stereocenters. The van der Waals surface area contributed by atoms with Gasteiger partial charge in [-0.1, -0.05) is 0 Å². The molecule has 0 radical (unpaired) electrons. The molecule has 2 aliphatic rings. The Labute approximate surface area is 114 Å². The zero-order valence-corrected chi connectivity index (χ0v) is 12.2. The van der Waals surface area contributed by atoms with Crippen molar-refractivity contribution < 1.29 is 9.53 Å². The number of rotatable bonds is 5. The Bertz CT molecular complexity index is 274. The number of hydrogen-bond donors (Lipinski definition) is 0. The van der Waals surface area contributed by atoms with Gasteiger partial charge in [0.2, 0.25) is 5.91 Å². The van der Waals surface area contributed by atoms with Crippen LogP contribution in [-0.2, 0) is 9.53 Å². The van der Waals surface area contributed by atoms with E-state index in [1.807, 2.05) is 25.9 Å². The number of carbonyl (C=O) groups is 1. The van der Waals surface area contributed by atoms with E-state index in [-0.39, 0.29) is 5.91 Å². The van der Waals surface area contributed by atoms with Crippen LogP contribution in [0.2, 0.25) is 0 Å². The van der Waals surface area contributed by atoms with E-state index >= 15 is 0 Å². The van der Waals surface area contributed by atoms with Crippen LogP contribution in [0.25, 0.3) is 0 Å². The molecular weight excluding hydrogens is 248 g/mol. The van der Waals surface area contributed by atoms with E-state index in [4.69, 9.17) is 4.74 Å². The lowest BCUT2D eigenvalue weighted by molar-refractivity contribution is -0.130. The van der Waals surface area contributed by atoms with Gasteiger partial charge in [-0.05, 0) is 25.0 Å². The molecule has 0 aromatic carbocycles. The van der Waals surface area contributed by atoms with Crippen LogP contribution in [0.5, 0.6) is 0 Å². The predicted molar refractivity (Wildman–Crippen MR) is 75.0 cm³/mol. The van der Waals surface area contributed by atoms with E-state index in [9.17, 15) is 4.79 Å². The summed E-state index contributed by atoms with van der Waals surface area (Å²) in [6.45, 7) is 2.35. The van der Waals surface area contributed by atoms with Crippen LogP contribution in [0.15, 0.2) is 0 Å². The zero-order chi connectivity index (χ0) is 13.0. The molecule has 2 rings (SSSR count). The van der Waals surface area contributed by atoms with E-state index in [2.05, 4.69) is 4.90 Å². The van der Waals surface area contributed by atoms with Crippen LogP contribution in [0.3, 0.4) is 0 Å². The van der Waals surface area contributed by atoms with Gasteiger partial charge >= 0.3 is 0 Å². The molecule has 0 spiro atoms. The summed E-state index contributed by atoms with van der Waals surface area (Å²) in [7, 11) is 3.66. The Balaban J connectivity index is 1.90. The van der Waals surface area contributed by atoms with Gasteiger partial charge in [-0.3, -0.25) is 9.69 Å². The van der Waals surface area contributed by atoms with Gasteiger partial charge in [-0.15, -0.1) is 0 Å². The second-order valence-corrected chi connectivity index (χ2v) is 6.52. The molecule has 104 valence electrons. The summed E-state index contributed by atoms with van der Waals surface area (Å²) in [6, 6.07) is 0.558. The molecule has 18 heavy (non-hydrogen) atoms. The van der Waals surface area contributed by atoms with Crippen molar-refractivity contribution in [2.45, 2.75) is 31.4 Å². The molecule has 1 amide bonds. The first-order chi connectivity index (χ1) is 8.66.